The van der Waals surface area contributed by atoms with Crippen LogP contribution in [0.1, 0.15) is 60.3 Å². The van der Waals surface area contributed by atoms with Crippen molar-refractivity contribution in [1.82, 2.24) is 20.4 Å². The molecule has 1 aromatic carbocycles. The SMILES string of the molecule is CC1=C(c2ccccc2)C1C(=O)NCC1CCN(C(=O)c2cc(C3CC3)[nH]n2)CC1. The Morgan fingerprint density at radius 1 is 1.13 bits per heavy atom. The normalized spacial score (nSPS) is 21.6. The molecule has 1 atom stereocenters. The van der Waals surface area contributed by atoms with Gasteiger partial charge in [0.15, 0.2) is 0 Å². The molecule has 6 heteroatoms. The lowest BCUT2D eigenvalue weighted by Crippen LogP contribution is -2.42. The highest BCUT2D eigenvalue weighted by atomic mass is 16.2. The van der Waals surface area contributed by atoms with Gasteiger partial charge >= 0.3 is 0 Å². The molecule has 30 heavy (non-hydrogen) atoms. The van der Waals surface area contributed by atoms with Crippen molar-refractivity contribution in [3.05, 3.63) is 58.9 Å². The second-order valence-corrected chi connectivity index (χ2v) is 8.86. The largest absolute Gasteiger partial charge is 0.355 e. The molecule has 2 fully saturated rings. The first-order valence-electron chi connectivity index (χ1n) is 11.0. The molecule has 1 saturated heterocycles. The van der Waals surface area contributed by atoms with Gasteiger partial charge in [-0.05, 0) is 55.7 Å². The zero-order valence-electron chi connectivity index (χ0n) is 17.4. The van der Waals surface area contributed by atoms with Crippen molar-refractivity contribution in [2.75, 3.05) is 19.6 Å². The predicted molar refractivity (Wildman–Crippen MR) is 115 cm³/mol. The molecule has 2 heterocycles. The minimum Gasteiger partial charge on any atom is -0.355 e. The summed E-state index contributed by atoms with van der Waals surface area (Å²) in [7, 11) is 0. The van der Waals surface area contributed by atoms with Gasteiger partial charge in [0.1, 0.15) is 5.69 Å². The van der Waals surface area contributed by atoms with E-state index in [9.17, 15) is 9.59 Å². The molecule has 2 aromatic rings. The van der Waals surface area contributed by atoms with Gasteiger partial charge in [-0.3, -0.25) is 14.7 Å². The van der Waals surface area contributed by atoms with Crippen molar-refractivity contribution in [3.63, 3.8) is 0 Å². The van der Waals surface area contributed by atoms with Crippen LogP contribution in [0.3, 0.4) is 0 Å². The standard InChI is InChI=1S/C24H28N4O2/c1-15-21(18-5-3-2-4-6-18)22(15)23(29)25-14-16-9-11-28(12-10-16)24(30)20-13-19(26-27-20)17-7-8-17/h2-6,13,16-17,22H,7-12,14H2,1H3,(H,25,29)(H,26,27). The zero-order chi connectivity index (χ0) is 20.7. The van der Waals surface area contributed by atoms with E-state index in [4.69, 9.17) is 0 Å². The highest BCUT2D eigenvalue weighted by molar-refractivity contribution is 6.05. The number of carbonyl (C=O) groups is 2. The Balaban J connectivity index is 1.07. The molecule has 1 saturated carbocycles. The molecular weight excluding hydrogens is 376 g/mol. The number of amides is 2. The maximum Gasteiger partial charge on any atom is 0.274 e. The third-order valence-corrected chi connectivity index (χ3v) is 6.71. The minimum absolute atomic E-state index is 0.0194. The molecule has 0 spiro atoms. The van der Waals surface area contributed by atoms with E-state index >= 15 is 0 Å². The summed E-state index contributed by atoms with van der Waals surface area (Å²) < 4.78 is 0. The first-order valence-corrected chi connectivity index (χ1v) is 11.0. The molecule has 1 unspecified atom stereocenters. The average molecular weight is 405 g/mol. The fraction of sp³-hybridized carbons (Fsp3) is 0.458. The minimum atomic E-state index is -0.0746. The smallest absolute Gasteiger partial charge is 0.274 e. The van der Waals surface area contributed by atoms with E-state index < -0.39 is 0 Å². The molecule has 0 radical (unpaired) electrons. The van der Waals surface area contributed by atoms with E-state index in [2.05, 4.69) is 27.6 Å². The number of aromatic amines is 1. The maximum absolute atomic E-state index is 12.7. The monoisotopic (exact) mass is 404 g/mol. The van der Waals surface area contributed by atoms with Crippen LogP contribution in [-0.4, -0.2) is 46.5 Å². The highest BCUT2D eigenvalue weighted by Crippen LogP contribution is 2.46. The lowest BCUT2D eigenvalue weighted by molar-refractivity contribution is -0.121. The van der Waals surface area contributed by atoms with Gasteiger partial charge in [0, 0.05) is 31.2 Å². The van der Waals surface area contributed by atoms with Crippen molar-refractivity contribution in [2.24, 2.45) is 11.8 Å². The zero-order valence-corrected chi connectivity index (χ0v) is 17.4. The van der Waals surface area contributed by atoms with Crippen LogP contribution in [0.5, 0.6) is 0 Å². The summed E-state index contributed by atoms with van der Waals surface area (Å²) in [5, 5.41) is 10.4. The van der Waals surface area contributed by atoms with Gasteiger partial charge in [-0.1, -0.05) is 35.9 Å². The van der Waals surface area contributed by atoms with Gasteiger partial charge < -0.3 is 10.2 Å². The predicted octanol–water partition coefficient (Wildman–Crippen LogP) is 3.36. The third kappa shape index (κ3) is 3.78. The average Bonchev–Trinajstić information content (AvgIpc) is 3.69. The quantitative estimate of drug-likeness (QED) is 0.775. The molecule has 6 nitrogen and oxygen atoms in total. The second-order valence-electron chi connectivity index (χ2n) is 8.86. The van der Waals surface area contributed by atoms with Gasteiger partial charge in [0.05, 0.1) is 5.92 Å². The maximum atomic E-state index is 12.7. The molecule has 2 amide bonds. The first kappa shape index (κ1) is 19.1. The number of nitrogens with one attached hydrogen (secondary N) is 2. The van der Waals surface area contributed by atoms with Crippen LogP contribution in [0.15, 0.2) is 42.0 Å². The number of aromatic nitrogens is 2. The molecule has 1 aliphatic heterocycles. The van der Waals surface area contributed by atoms with E-state index in [-0.39, 0.29) is 17.7 Å². The summed E-state index contributed by atoms with van der Waals surface area (Å²) in [6.07, 6.45) is 4.20. The summed E-state index contributed by atoms with van der Waals surface area (Å²) in [4.78, 5) is 27.2. The second kappa shape index (κ2) is 7.74. The van der Waals surface area contributed by atoms with Gasteiger partial charge in [-0.25, -0.2) is 0 Å². The van der Waals surface area contributed by atoms with Crippen LogP contribution in [-0.2, 0) is 4.79 Å². The number of H-pyrrole nitrogens is 1. The number of rotatable bonds is 6. The van der Waals surface area contributed by atoms with Gasteiger partial charge in [-0.15, -0.1) is 0 Å². The number of likely N-dealkylation sites (tertiary alicyclic amines) is 1. The van der Waals surface area contributed by atoms with Crippen LogP contribution in [0.25, 0.3) is 5.57 Å². The lowest BCUT2D eigenvalue weighted by Gasteiger charge is -2.31. The number of carbonyl (C=O) groups excluding carboxylic acids is 2. The number of piperidine rings is 1. The number of hydrogen-bond acceptors (Lipinski definition) is 3. The molecular formula is C24H28N4O2. The number of nitrogens with zero attached hydrogens (tertiary/aromatic N) is 2. The van der Waals surface area contributed by atoms with E-state index in [1.807, 2.05) is 36.1 Å². The van der Waals surface area contributed by atoms with Gasteiger partial charge in [-0.2, -0.15) is 5.10 Å². The summed E-state index contributed by atoms with van der Waals surface area (Å²) in [6.45, 7) is 4.17. The van der Waals surface area contributed by atoms with Crippen molar-refractivity contribution < 1.29 is 9.59 Å². The molecule has 3 aliphatic rings. The highest BCUT2D eigenvalue weighted by Gasteiger charge is 2.40. The van der Waals surface area contributed by atoms with E-state index in [1.54, 1.807) is 0 Å². The van der Waals surface area contributed by atoms with Gasteiger partial charge in [0.2, 0.25) is 5.91 Å². The molecule has 0 bridgehead atoms. The van der Waals surface area contributed by atoms with Crippen LogP contribution in [0.4, 0.5) is 0 Å². The summed E-state index contributed by atoms with van der Waals surface area (Å²) in [5.74, 6) is 1.04. The Labute approximate surface area is 176 Å². The van der Waals surface area contributed by atoms with Gasteiger partial charge in [0.25, 0.3) is 5.91 Å². The number of hydrogen-bond donors (Lipinski definition) is 2. The van der Waals surface area contributed by atoms with E-state index in [1.165, 1.54) is 18.4 Å². The molecule has 156 valence electrons. The van der Waals surface area contributed by atoms with Crippen molar-refractivity contribution in [3.8, 4) is 0 Å². The van der Waals surface area contributed by atoms with Crippen molar-refractivity contribution in [2.45, 2.75) is 38.5 Å². The molecule has 2 aliphatic carbocycles. The fourth-order valence-corrected chi connectivity index (χ4v) is 4.57. The van der Waals surface area contributed by atoms with Crippen molar-refractivity contribution >= 4 is 17.4 Å². The Morgan fingerprint density at radius 2 is 1.87 bits per heavy atom. The Hall–Kier alpha value is -2.89. The summed E-state index contributed by atoms with van der Waals surface area (Å²) in [5.41, 5.74) is 5.11. The van der Waals surface area contributed by atoms with Crippen LogP contribution < -0.4 is 5.32 Å². The Kier molecular flexibility index (Phi) is 4.93. The summed E-state index contributed by atoms with van der Waals surface area (Å²) >= 11 is 0. The topological polar surface area (TPSA) is 78.1 Å². The van der Waals surface area contributed by atoms with E-state index in [0.717, 1.165) is 42.8 Å². The van der Waals surface area contributed by atoms with Crippen LogP contribution in [0.2, 0.25) is 0 Å². The molecule has 1 aromatic heterocycles. The number of benzene rings is 1. The lowest BCUT2D eigenvalue weighted by atomic mass is 9.96. The summed E-state index contributed by atoms with van der Waals surface area (Å²) in [6, 6.07) is 12.0. The third-order valence-electron chi connectivity index (χ3n) is 6.71. The van der Waals surface area contributed by atoms with Crippen LogP contribution >= 0.6 is 0 Å². The van der Waals surface area contributed by atoms with Crippen LogP contribution in [0, 0.1) is 11.8 Å². The Morgan fingerprint density at radius 3 is 2.57 bits per heavy atom. The Bertz CT molecular complexity index is 982. The van der Waals surface area contributed by atoms with Crippen molar-refractivity contribution in [1.29, 1.82) is 0 Å². The molecule has 2 N–H and O–H groups in total. The molecule has 5 rings (SSSR count). The van der Waals surface area contributed by atoms with E-state index in [0.29, 0.717) is 24.1 Å². The fourth-order valence-electron chi connectivity index (χ4n) is 4.57. The first-order chi connectivity index (χ1) is 14.6.